The lowest BCUT2D eigenvalue weighted by Gasteiger charge is -2.12. The summed E-state index contributed by atoms with van der Waals surface area (Å²) in [5.74, 6) is 0.657. The van der Waals surface area contributed by atoms with Crippen molar-refractivity contribution in [3.05, 3.63) is 17.5 Å². The third-order valence-electron chi connectivity index (χ3n) is 1.94. The molecule has 0 aromatic carbocycles. The lowest BCUT2D eigenvalue weighted by Crippen LogP contribution is -2.41. The van der Waals surface area contributed by atoms with Crippen molar-refractivity contribution in [1.29, 1.82) is 0 Å². The first-order chi connectivity index (χ1) is 7.24. The smallest absolute Gasteiger partial charge is 0.234 e. The van der Waals surface area contributed by atoms with Crippen LogP contribution in [0.4, 0.5) is 0 Å². The second-order valence-electron chi connectivity index (χ2n) is 3.08. The van der Waals surface area contributed by atoms with Gasteiger partial charge < -0.3 is 11.1 Å². The summed E-state index contributed by atoms with van der Waals surface area (Å²) < 4.78 is 1.29. The minimum Gasteiger partial charge on any atom is -0.368 e. The fraction of sp³-hybridized carbons (Fsp3) is 0.500. The molecule has 3 N–H and O–H groups in total. The Morgan fingerprint density at radius 3 is 3.07 bits per heavy atom. The molecule has 3 nitrogen and oxygen atoms in total. The third-order valence-corrected chi connectivity index (χ3v) is 4.10. The maximum atomic E-state index is 11.0. The SMILES string of the molecule is CCNC(CCSc1cccs1)C(N)=O. The van der Waals surface area contributed by atoms with Crippen molar-refractivity contribution in [3.8, 4) is 0 Å². The van der Waals surface area contributed by atoms with Crippen LogP contribution >= 0.6 is 23.1 Å². The third kappa shape index (κ3) is 4.68. The first-order valence-corrected chi connectivity index (χ1v) is 6.79. The Hall–Kier alpha value is -0.520. The molecule has 0 bridgehead atoms. The Bertz CT molecular complexity index is 288. The van der Waals surface area contributed by atoms with Crippen LogP contribution in [0.15, 0.2) is 21.7 Å². The molecule has 1 atom stereocenters. The van der Waals surface area contributed by atoms with Gasteiger partial charge in [0.15, 0.2) is 0 Å². The molecule has 1 rings (SSSR count). The first kappa shape index (κ1) is 12.5. The Labute approximate surface area is 98.4 Å². The summed E-state index contributed by atoms with van der Waals surface area (Å²) in [5.41, 5.74) is 5.27. The van der Waals surface area contributed by atoms with E-state index in [2.05, 4.69) is 16.8 Å². The molecular formula is C10H16N2OS2. The number of rotatable bonds is 7. The molecule has 5 heteroatoms. The van der Waals surface area contributed by atoms with Gasteiger partial charge in [0.2, 0.25) is 5.91 Å². The summed E-state index contributed by atoms with van der Waals surface area (Å²) in [5, 5.41) is 5.13. The highest BCUT2D eigenvalue weighted by atomic mass is 32.2. The first-order valence-electron chi connectivity index (χ1n) is 4.93. The van der Waals surface area contributed by atoms with E-state index in [1.807, 2.05) is 13.0 Å². The van der Waals surface area contributed by atoms with Gasteiger partial charge in [0, 0.05) is 5.75 Å². The van der Waals surface area contributed by atoms with Crippen LogP contribution < -0.4 is 11.1 Å². The van der Waals surface area contributed by atoms with E-state index < -0.39 is 0 Å². The van der Waals surface area contributed by atoms with E-state index in [0.29, 0.717) is 0 Å². The van der Waals surface area contributed by atoms with E-state index in [0.717, 1.165) is 18.7 Å². The van der Waals surface area contributed by atoms with Crippen molar-refractivity contribution >= 4 is 29.0 Å². The van der Waals surface area contributed by atoms with Crippen LogP contribution in [0.1, 0.15) is 13.3 Å². The summed E-state index contributed by atoms with van der Waals surface area (Å²) in [6.45, 7) is 2.75. The van der Waals surface area contributed by atoms with Gasteiger partial charge in [-0.3, -0.25) is 4.79 Å². The molecule has 1 aromatic heterocycles. The van der Waals surface area contributed by atoms with Crippen molar-refractivity contribution in [1.82, 2.24) is 5.32 Å². The number of nitrogens with two attached hydrogens (primary N) is 1. The molecule has 84 valence electrons. The fourth-order valence-electron chi connectivity index (χ4n) is 1.21. The van der Waals surface area contributed by atoms with Crippen LogP contribution in [0.3, 0.4) is 0 Å². The van der Waals surface area contributed by atoms with Crippen LogP contribution in [-0.4, -0.2) is 24.2 Å². The van der Waals surface area contributed by atoms with E-state index in [-0.39, 0.29) is 11.9 Å². The van der Waals surface area contributed by atoms with Crippen molar-refractivity contribution < 1.29 is 4.79 Å². The Morgan fingerprint density at radius 2 is 2.53 bits per heavy atom. The second-order valence-corrected chi connectivity index (χ2v) is 5.42. The molecule has 0 aliphatic heterocycles. The van der Waals surface area contributed by atoms with E-state index >= 15 is 0 Å². The minimum atomic E-state index is -0.261. The maximum absolute atomic E-state index is 11.0. The lowest BCUT2D eigenvalue weighted by atomic mass is 10.2. The number of hydrogen-bond donors (Lipinski definition) is 2. The van der Waals surface area contributed by atoms with E-state index in [1.54, 1.807) is 23.1 Å². The number of thioether (sulfide) groups is 1. The molecule has 0 saturated carbocycles. The van der Waals surface area contributed by atoms with Gasteiger partial charge in [-0.05, 0) is 24.4 Å². The summed E-state index contributed by atoms with van der Waals surface area (Å²) in [7, 11) is 0. The number of nitrogens with one attached hydrogen (secondary N) is 1. The number of likely N-dealkylation sites (N-methyl/N-ethyl adjacent to an activating group) is 1. The zero-order chi connectivity index (χ0) is 11.1. The Kier molecular flexibility index (Phi) is 5.75. The van der Waals surface area contributed by atoms with Gasteiger partial charge in [0.25, 0.3) is 0 Å². The fourth-order valence-corrected chi connectivity index (χ4v) is 3.08. The van der Waals surface area contributed by atoms with Crippen LogP contribution in [0.5, 0.6) is 0 Å². The average Bonchev–Trinajstić information content (AvgIpc) is 2.69. The van der Waals surface area contributed by atoms with Gasteiger partial charge in [-0.25, -0.2) is 0 Å². The molecule has 1 unspecified atom stereocenters. The monoisotopic (exact) mass is 244 g/mol. The second kappa shape index (κ2) is 6.87. The average molecular weight is 244 g/mol. The van der Waals surface area contributed by atoms with Crippen molar-refractivity contribution in [3.63, 3.8) is 0 Å². The van der Waals surface area contributed by atoms with Gasteiger partial charge >= 0.3 is 0 Å². The number of hydrogen-bond acceptors (Lipinski definition) is 4. The molecular weight excluding hydrogens is 228 g/mol. The zero-order valence-corrected chi connectivity index (χ0v) is 10.4. The van der Waals surface area contributed by atoms with Crippen LogP contribution in [0.2, 0.25) is 0 Å². The number of amides is 1. The molecule has 15 heavy (non-hydrogen) atoms. The summed E-state index contributed by atoms with van der Waals surface area (Å²) in [6, 6.07) is 3.92. The van der Waals surface area contributed by atoms with Gasteiger partial charge in [0.05, 0.1) is 10.3 Å². The number of primary amides is 1. The number of thiophene rings is 1. The van der Waals surface area contributed by atoms with Gasteiger partial charge in [-0.1, -0.05) is 13.0 Å². The van der Waals surface area contributed by atoms with Gasteiger partial charge in [-0.15, -0.1) is 23.1 Å². The Balaban J connectivity index is 2.25. The largest absolute Gasteiger partial charge is 0.368 e. The predicted octanol–water partition coefficient (Wildman–Crippen LogP) is 1.69. The van der Waals surface area contributed by atoms with E-state index in [4.69, 9.17) is 5.73 Å². The van der Waals surface area contributed by atoms with Crippen LogP contribution in [-0.2, 0) is 4.79 Å². The summed E-state index contributed by atoms with van der Waals surface area (Å²) in [6.07, 6.45) is 0.783. The summed E-state index contributed by atoms with van der Waals surface area (Å²) >= 11 is 3.49. The molecule has 0 aliphatic rings. The highest BCUT2D eigenvalue weighted by Gasteiger charge is 2.12. The quantitative estimate of drug-likeness (QED) is 0.718. The minimum absolute atomic E-state index is 0.192. The topological polar surface area (TPSA) is 55.1 Å². The highest BCUT2D eigenvalue weighted by Crippen LogP contribution is 2.24. The van der Waals surface area contributed by atoms with E-state index in [1.165, 1.54) is 4.21 Å². The number of carbonyl (C=O) groups excluding carboxylic acids is 1. The van der Waals surface area contributed by atoms with Gasteiger partial charge in [-0.2, -0.15) is 0 Å². The Morgan fingerprint density at radius 1 is 1.73 bits per heavy atom. The molecule has 0 fully saturated rings. The number of carbonyl (C=O) groups is 1. The molecule has 0 aliphatic carbocycles. The van der Waals surface area contributed by atoms with Crippen molar-refractivity contribution in [2.24, 2.45) is 5.73 Å². The maximum Gasteiger partial charge on any atom is 0.234 e. The molecule has 0 saturated heterocycles. The van der Waals surface area contributed by atoms with Crippen molar-refractivity contribution in [2.75, 3.05) is 12.3 Å². The summed E-state index contributed by atoms with van der Waals surface area (Å²) in [4.78, 5) is 11.0. The highest BCUT2D eigenvalue weighted by molar-refractivity contribution is 8.01. The molecule has 1 amide bonds. The van der Waals surface area contributed by atoms with Crippen LogP contribution in [0.25, 0.3) is 0 Å². The van der Waals surface area contributed by atoms with Crippen LogP contribution in [0, 0.1) is 0 Å². The normalized spacial score (nSPS) is 12.6. The standard InChI is InChI=1S/C10H16N2OS2/c1-2-12-8(10(11)13)5-7-15-9-4-3-6-14-9/h3-4,6,8,12H,2,5,7H2,1H3,(H2,11,13). The molecule has 0 radical (unpaired) electrons. The molecule has 1 aromatic rings. The molecule has 1 heterocycles. The van der Waals surface area contributed by atoms with Gasteiger partial charge in [0.1, 0.15) is 0 Å². The lowest BCUT2D eigenvalue weighted by molar-refractivity contribution is -0.120. The molecule has 0 spiro atoms. The van der Waals surface area contributed by atoms with Crippen molar-refractivity contribution in [2.45, 2.75) is 23.6 Å². The predicted molar refractivity (Wildman–Crippen MR) is 66.3 cm³/mol. The van der Waals surface area contributed by atoms with E-state index in [9.17, 15) is 4.79 Å². The zero-order valence-electron chi connectivity index (χ0n) is 8.73.